The molecule has 0 aromatic carbocycles. The first-order chi connectivity index (χ1) is 7.44. The van der Waals surface area contributed by atoms with E-state index in [4.69, 9.17) is 9.47 Å². The topological polar surface area (TPSA) is 52.6 Å². The van der Waals surface area contributed by atoms with Gasteiger partial charge in [0.15, 0.2) is 5.78 Å². The Hall–Kier alpha value is -1.16. The third kappa shape index (κ3) is 5.66. The van der Waals surface area contributed by atoms with Crippen LogP contribution in [0.25, 0.3) is 0 Å². The molecule has 0 amide bonds. The fraction of sp³-hybridized carbons (Fsp3) is 0.667. The molecule has 0 unspecified atom stereocenters. The molecule has 0 bridgehead atoms. The minimum atomic E-state index is -0.461. The van der Waals surface area contributed by atoms with Crippen molar-refractivity contribution in [1.29, 1.82) is 0 Å². The van der Waals surface area contributed by atoms with Crippen LogP contribution in [0.3, 0.4) is 0 Å². The van der Waals surface area contributed by atoms with E-state index in [1.807, 2.05) is 20.8 Å². The highest BCUT2D eigenvalue weighted by Gasteiger charge is 2.26. The van der Waals surface area contributed by atoms with Crippen molar-refractivity contribution in [3.63, 3.8) is 0 Å². The molecule has 92 valence electrons. The third-order valence-electron chi connectivity index (χ3n) is 2.37. The van der Waals surface area contributed by atoms with Gasteiger partial charge in [0.2, 0.25) is 0 Å². The van der Waals surface area contributed by atoms with E-state index in [-0.39, 0.29) is 31.6 Å². The molecule has 0 aromatic rings. The lowest BCUT2D eigenvalue weighted by Crippen LogP contribution is -2.27. The third-order valence-corrected chi connectivity index (χ3v) is 2.37. The van der Waals surface area contributed by atoms with Gasteiger partial charge in [-0.2, -0.15) is 0 Å². The summed E-state index contributed by atoms with van der Waals surface area (Å²) in [6.07, 6.45) is 1.92. The van der Waals surface area contributed by atoms with E-state index in [0.717, 1.165) is 6.42 Å². The minimum absolute atomic E-state index is 0.0157. The van der Waals surface area contributed by atoms with Crippen LogP contribution in [0.2, 0.25) is 0 Å². The van der Waals surface area contributed by atoms with E-state index in [2.05, 4.69) is 6.58 Å². The van der Waals surface area contributed by atoms with Crippen molar-refractivity contribution in [2.75, 3.05) is 19.8 Å². The predicted molar refractivity (Wildman–Crippen MR) is 61.1 cm³/mol. The van der Waals surface area contributed by atoms with Gasteiger partial charge >= 0.3 is 5.97 Å². The van der Waals surface area contributed by atoms with Crippen molar-refractivity contribution in [2.24, 2.45) is 5.41 Å². The smallest absolute Gasteiger partial charge is 0.311 e. The van der Waals surface area contributed by atoms with Crippen LogP contribution in [0.5, 0.6) is 0 Å². The van der Waals surface area contributed by atoms with Gasteiger partial charge in [0.1, 0.15) is 13.2 Å². The Balaban J connectivity index is 3.64. The van der Waals surface area contributed by atoms with Gasteiger partial charge in [-0.15, -0.1) is 0 Å². The van der Waals surface area contributed by atoms with Crippen molar-refractivity contribution in [3.05, 3.63) is 12.7 Å². The summed E-state index contributed by atoms with van der Waals surface area (Å²) in [4.78, 5) is 22.3. The van der Waals surface area contributed by atoms with Crippen LogP contribution < -0.4 is 0 Å². The zero-order valence-corrected chi connectivity index (χ0v) is 10.2. The maximum Gasteiger partial charge on any atom is 0.311 e. The molecule has 0 aliphatic heterocycles. The van der Waals surface area contributed by atoms with E-state index in [1.54, 1.807) is 0 Å². The van der Waals surface area contributed by atoms with Gasteiger partial charge in [-0.3, -0.25) is 9.59 Å². The average Bonchev–Trinajstić information content (AvgIpc) is 2.27. The first-order valence-electron chi connectivity index (χ1n) is 5.34. The zero-order valence-electron chi connectivity index (χ0n) is 10.2. The quantitative estimate of drug-likeness (QED) is 0.361. The summed E-state index contributed by atoms with van der Waals surface area (Å²) in [5.74, 6) is -0.422. The molecule has 4 nitrogen and oxygen atoms in total. The Morgan fingerprint density at radius 3 is 2.44 bits per heavy atom. The molecule has 0 N–H and O–H groups in total. The van der Waals surface area contributed by atoms with Crippen LogP contribution in [0, 0.1) is 5.41 Å². The van der Waals surface area contributed by atoms with Crippen LogP contribution in [0.15, 0.2) is 12.7 Å². The van der Waals surface area contributed by atoms with Crippen molar-refractivity contribution in [1.82, 2.24) is 0 Å². The second-order valence-electron chi connectivity index (χ2n) is 4.10. The Kier molecular flexibility index (Phi) is 6.65. The maximum absolute atomic E-state index is 11.5. The van der Waals surface area contributed by atoms with Gasteiger partial charge in [-0.25, -0.2) is 0 Å². The molecule has 0 saturated carbocycles. The number of hydrogen-bond donors (Lipinski definition) is 0. The van der Waals surface area contributed by atoms with Gasteiger partial charge in [-0.1, -0.05) is 13.5 Å². The number of carbonyl (C=O) groups is 2. The Bertz CT molecular complexity index is 256. The summed E-state index contributed by atoms with van der Waals surface area (Å²) >= 11 is 0. The lowest BCUT2D eigenvalue weighted by molar-refractivity contribution is -0.155. The summed E-state index contributed by atoms with van der Waals surface area (Å²) in [6, 6.07) is 0. The second-order valence-corrected chi connectivity index (χ2v) is 4.10. The van der Waals surface area contributed by atoms with Crippen LogP contribution in [-0.2, 0) is 19.1 Å². The molecule has 0 heterocycles. The fourth-order valence-corrected chi connectivity index (χ4v) is 0.765. The highest BCUT2D eigenvalue weighted by Crippen LogP contribution is 2.21. The van der Waals surface area contributed by atoms with Crippen LogP contribution in [-0.4, -0.2) is 31.6 Å². The molecule has 0 aromatic heterocycles. The number of carbonyl (C=O) groups excluding carboxylic acids is 2. The summed E-state index contributed by atoms with van der Waals surface area (Å²) in [7, 11) is 0. The normalized spacial score (nSPS) is 10.9. The molecule has 0 fully saturated rings. The Labute approximate surface area is 96.6 Å². The molecule has 16 heavy (non-hydrogen) atoms. The molecule has 0 aliphatic carbocycles. The van der Waals surface area contributed by atoms with Gasteiger partial charge in [0.25, 0.3) is 0 Å². The Morgan fingerprint density at radius 2 is 1.94 bits per heavy atom. The highest BCUT2D eigenvalue weighted by atomic mass is 16.6. The molecule has 0 radical (unpaired) electrons. The standard InChI is InChI=1S/C12H20O4/c1-5-10(13)9-15-7-8-16-11(14)12(3,4)6-2/h5H,1,6-9H2,2-4H3. The molecular formula is C12H20O4. The summed E-state index contributed by atoms with van der Waals surface area (Å²) in [5, 5.41) is 0. The molecule has 0 aliphatic rings. The molecule has 0 rings (SSSR count). The van der Waals surface area contributed by atoms with E-state index in [0.29, 0.717) is 0 Å². The monoisotopic (exact) mass is 228 g/mol. The highest BCUT2D eigenvalue weighted by molar-refractivity contribution is 5.90. The number of hydrogen-bond acceptors (Lipinski definition) is 4. The van der Waals surface area contributed by atoms with Gasteiger partial charge in [-0.05, 0) is 26.3 Å². The average molecular weight is 228 g/mol. The number of ether oxygens (including phenoxy) is 2. The molecule has 0 saturated heterocycles. The van der Waals surface area contributed by atoms with Crippen LogP contribution >= 0.6 is 0 Å². The summed E-state index contributed by atoms with van der Waals surface area (Å²) in [5.41, 5.74) is -0.461. The summed E-state index contributed by atoms with van der Waals surface area (Å²) in [6.45, 7) is 9.29. The lowest BCUT2D eigenvalue weighted by atomic mass is 9.91. The molecule has 4 heteroatoms. The molecular weight excluding hydrogens is 208 g/mol. The number of rotatable bonds is 8. The van der Waals surface area contributed by atoms with Crippen molar-refractivity contribution in [2.45, 2.75) is 27.2 Å². The Morgan fingerprint density at radius 1 is 1.31 bits per heavy atom. The van der Waals surface area contributed by atoms with E-state index in [9.17, 15) is 9.59 Å². The van der Waals surface area contributed by atoms with Gasteiger partial charge in [0.05, 0.1) is 12.0 Å². The number of ketones is 1. The van der Waals surface area contributed by atoms with E-state index in [1.165, 1.54) is 6.08 Å². The lowest BCUT2D eigenvalue weighted by Gasteiger charge is -2.20. The first kappa shape index (κ1) is 14.8. The van der Waals surface area contributed by atoms with E-state index < -0.39 is 5.41 Å². The van der Waals surface area contributed by atoms with Crippen LogP contribution in [0.4, 0.5) is 0 Å². The van der Waals surface area contributed by atoms with Crippen LogP contribution in [0.1, 0.15) is 27.2 Å². The van der Waals surface area contributed by atoms with Crippen molar-refractivity contribution in [3.8, 4) is 0 Å². The fourth-order valence-electron chi connectivity index (χ4n) is 0.765. The minimum Gasteiger partial charge on any atom is -0.463 e. The molecule has 0 spiro atoms. The predicted octanol–water partition coefficient (Wildman–Crippen LogP) is 1.74. The zero-order chi connectivity index (χ0) is 12.6. The second kappa shape index (κ2) is 7.17. The summed E-state index contributed by atoms with van der Waals surface area (Å²) < 4.78 is 10.00. The SMILES string of the molecule is C=CC(=O)COCCOC(=O)C(C)(C)CC. The van der Waals surface area contributed by atoms with Gasteiger partial charge < -0.3 is 9.47 Å². The van der Waals surface area contributed by atoms with Gasteiger partial charge in [0, 0.05) is 0 Å². The van der Waals surface area contributed by atoms with Crippen molar-refractivity contribution < 1.29 is 19.1 Å². The number of esters is 1. The van der Waals surface area contributed by atoms with E-state index >= 15 is 0 Å². The maximum atomic E-state index is 11.5. The largest absolute Gasteiger partial charge is 0.463 e. The van der Waals surface area contributed by atoms with Crippen molar-refractivity contribution >= 4 is 11.8 Å². The first-order valence-corrected chi connectivity index (χ1v) is 5.34. The molecule has 0 atom stereocenters.